The lowest BCUT2D eigenvalue weighted by Gasteiger charge is -2.32. The minimum absolute atomic E-state index is 0.0129. The van der Waals surface area contributed by atoms with Crippen molar-refractivity contribution in [2.24, 2.45) is 5.73 Å². The predicted octanol–water partition coefficient (Wildman–Crippen LogP) is 2.89. The molecule has 0 radical (unpaired) electrons. The highest BCUT2D eigenvalue weighted by Gasteiger charge is 2.18. The molecule has 0 saturated carbocycles. The van der Waals surface area contributed by atoms with E-state index in [1.807, 2.05) is 0 Å². The van der Waals surface area contributed by atoms with E-state index in [0.29, 0.717) is 6.54 Å². The highest BCUT2D eigenvalue weighted by atomic mass is 32.1. The quantitative estimate of drug-likeness (QED) is 0.820. The van der Waals surface area contributed by atoms with Gasteiger partial charge in [-0.25, -0.2) is 8.78 Å². The topological polar surface area (TPSA) is 41.3 Å². The number of nitrogens with one attached hydrogen (secondary N) is 1. The van der Waals surface area contributed by atoms with E-state index in [4.69, 9.17) is 18.0 Å². The highest BCUT2D eigenvalue weighted by molar-refractivity contribution is 7.80. The summed E-state index contributed by atoms with van der Waals surface area (Å²) < 4.78 is 27.9. The number of likely N-dealkylation sites (tertiary alicyclic amines) is 1. The smallest absolute Gasteiger partial charge is 0.150 e. The van der Waals surface area contributed by atoms with E-state index in [-0.39, 0.29) is 22.3 Å². The van der Waals surface area contributed by atoms with Crippen molar-refractivity contribution >= 4 is 22.9 Å². The van der Waals surface area contributed by atoms with E-state index in [2.05, 4.69) is 17.1 Å². The summed E-state index contributed by atoms with van der Waals surface area (Å²) in [5.41, 5.74) is 5.48. The molecular formula is C15H21F2N3S. The Kier molecular flexibility index (Phi) is 5.47. The molecule has 116 valence electrons. The van der Waals surface area contributed by atoms with Gasteiger partial charge >= 0.3 is 0 Å². The Hall–Kier alpha value is -1.27. The number of halogens is 2. The number of rotatable bonds is 5. The Bertz CT molecular complexity index is 493. The molecule has 21 heavy (non-hydrogen) atoms. The number of nitrogens with zero attached hydrogens (tertiary/aromatic N) is 1. The van der Waals surface area contributed by atoms with Crippen molar-refractivity contribution in [1.29, 1.82) is 0 Å². The Morgan fingerprint density at radius 1 is 1.29 bits per heavy atom. The molecule has 1 aliphatic heterocycles. The van der Waals surface area contributed by atoms with Gasteiger partial charge in [-0.2, -0.15) is 0 Å². The lowest BCUT2D eigenvalue weighted by molar-refractivity contribution is 0.180. The number of nitrogens with two attached hydrogens (primary N) is 1. The molecule has 1 aliphatic rings. The summed E-state index contributed by atoms with van der Waals surface area (Å²) in [6, 6.07) is 2.57. The van der Waals surface area contributed by atoms with Crippen LogP contribution in [0.15, 0.2) is 12.1 Å². The lowest BCUT2D eigenvalue weighted by Crippen LogP contribution is -2.41. The van der Waals surface area contributed by atoms with Gasteiger partial charge in [-0.15, -0.1) is 0 Å². The second-order valence-corrected chi connectivity index (χ2v) is 5.95. The first kappa shape index (κ1) is 16.1. The zero-order valence-electron chi connectivity index (χ0n) is 12.2. The molecule has 0 aliphatic carbocycles. The van der Waals surface area contributed by atoms with Gasteiger partial charge in [-0.3, -0.25) is 4.90 Å². The second kappa shape index (κ2) is 7.13. The van der Waals surface area contributed by atoms with E-state index >= 15 is 0 Å². The third-order valence-corrected chi connectivity index (χ3v) is 4.15. The van der Waals surface area contributed by atoms with Crippen molar-refractivity contribution in [2.75, 3.05) is 25.0 Å². The molecular weight excluding hydrogens is 292 g/mol. The van der Waals surface area contributed by atoms with Gasteiger partial charge < -0.3 is 11.1 Å². The van der Waals surface area contributed by atoms with Crippen LogP contribution in [0, 0.1) is 11.6 Å². The number of thiocarbonyl (C=S) groups is 1. The first-order chi connectivity index (χ1) is 9.99. The van der Waals surface area contributed by atoms with Crippen LogP contribution in [-0.2, 0) is 0 Å². The summed E-state index contributed by atoms with van der Waals surface area (Å²) in [4.78, 5) is 2.33. The molecule has 1 saturated heterocycles. The molecule has 0 bridgehead atoms. The van der Waals surface area contributed by atoms with Crippen molar-refractivity contribution < 1.29 is 8.78 Å². The molecule has 6 heteroatoms. The molecule has 3 N–H and O–H groups in total. The molecule has 1 unspecified atom stereocenters. The maximum Gasteiger partial charge on any atom is 0.150 e. The fraction of sp³-hybridized carbons (Fsp3) is 0.533. The molecule has 1 heterocycles. The lowest BCUT2D eigenvalue weighted by atomic mass is 10.1. The SMILES string of the molecule is CC(CNc1c(F)cc(C(N)=S)cc1F)N1CCCCC1. The van der Waals surface area contributed by atoms with Gasteiger partial charge in [0.05, 0.1) is 0 Å². The molecule has 1 atom stereocenters. The second-order valence-electron chi connectivity index (χ2n) is 5.51. The van der Waals surface area contributed by atoms with Gasteiger partial charge in [0, 0.05) is 18.2 Å². The Morgan fingerprint density at radius 2 is 1.86 bits per heavy atom. The monoisotopic (exact) mass is 313 g/mol. The van der Waals surface area contributed by atoms with Crippen molar-refractivity contribution in [3.05, 3.63) is 29.3 Å². The summed E-state index contributed by atoms with van der Waals surface area (Å²) in [6.45, 7) is 4.67. The standard InChI is InChI=1S/C15H21F2N3S/c1-10(20-5-3-2-4-6-20)9-19-14-12(16)7-11(15(18)21)8-13(14)17/h7-8,10,19H,2-6,9H2,1H3,(H2,18,21). The van der Waals surface area contributed by atoms with Crippen LogP contribution >= 0.6 is 12.2 Å². The highest BCUT2D eigenvalue weighted by Crippen LogP contribution is 2.21. The van der Waals surface area contributed by atoms with Crippen molar-refractivity contribution in [3.63, 3.8) is 0 Å². The predicted molar refractivity (Wildman–Crippen MR) is 85.6 cm³/mol. The van der Waals surface area contributed by atoms with Gasteiger partial charge in [-0.1, -0.05) is 18.6 Å². The van der Waals surface area contributed by atoms with Crippen LogP contribution in [0.25, 0.3) is 0 Å². The normalized spacial score (nSPS) is 17.5. The molecule has 0 spiro atoms. The number of hydrogen-bond acceptors (Lipinski definition) is 3. The van der Waals surface area contributed by atoms with E-state index < -0.39 is 11.6 Å². The average molecular weight is 313 g/mol. The van der Waals surface area contributed by atoms with Crippen molar-refractivity contribution in [3.8, 4) is 0 Å². The summed E-state index contributed by atoms with van der Waals surface area (Å²) >= 11 is 4.73. The van der Waals surface area contributed by atoms with Crippen LogP contribution in [0.5, 0.6) is 0 Å². The van der Waals surface area contributed by atoms with Gasteiger partial charge in [0.1, 0.15) is 22.3 Å². The molecule has 1 fully saturated rings. The molecule has 1 aromatic rings. The number of piperidine rings is 1. The summed E-state index contributed by atoms with van der Waals surface area (Å²) in [5.74, 6) is -1.33. The number of anilines is 1. The molecule has 2 rings (SSSR count). The maximum atomic E-state index is 13.9. The van der Waals surface area contributed by atoms with Crippen molar-refractivity contribution in [2.45, 2.75) is 32.2 Å². The molecule has 0 amide bonds. The average Bonchev–Trinajstić information content (AvgIpc) is 2.46. The minimum Gasteiger partial charge on any atom is -0.389 e. The number of benzene rings is 1. The van der Waals surface area contributed by atoms with Crippen molar-refractivity contribution in [1.82, 2.24) is 4.90 Å². The third-order valence-electron chi connectivity index (χ3n) is 3.91. The fourth-order valence-electron chi connectivity index (χ4n) is 2.62. The Morgan fingerprint density at radius 3 is 2.38 bits per heavy atom. The number of hydrogen-bond donors (Lipinski definition) is 2. The Balaban J connectivity index is 2.01. The fourth-order valence-corrected chi connectivity index (χ4v) is 2.74. The first-order valence-electron chi connectivity index (χ1n) is 7.26. The largest absolute Gasteiger partial charge is 0.389 e. The Labute approximate surface area is 129 Å². The van der Waals surface area contributed by atoms with Crippen LogP contribution in [0.3, 0.4) is 0 Å². The van der Waals surface area contributed by atoms with Gasteiger partial charge in [0.25, 0.3) is 0 Å². The first-order valence-corrected chi connectivity index (χ1v) is 7.66. The summed E-state index contributed by atoms with van der Waals surface area (Å²) in [7, 11) is 0. The molecule has 1 aromatic carbocycles. The van der Waals surface area contributed by atoms with Gasteiger partial charge in [0.2, 0.25) is 0 Å². The van der Waals surface area contributed by atoms with E-state index in [1.54, 1.807) is 0 Å². The van der Waals surface area contributed by atoms with Crippen LogP contribution < -0.4 is 11.1 Å². The minimum atomic E-state index is -0.663. The summed E-state index contributed by atoms with van der Waals surface area (Å²) in [5, 5.41) is 2.87. The maximum absolute atomic E-state index is 13.9. The zero-order valence-corrected chi connectivity index (χ0v) is 13.0. The van der Waals surface area contributed by atoms with E-state index in [1.165, 1.54) is 31.4 Å². The van der Waals surface area contributed by atoms with Crippen LogP contribution in [0.2, 0.25) is 0 Å². The third kappa shape index (κ3) is 4.11. The van der Waals surface area contributed by atoms with Crippen LogP contribution in [0.4, 0.5) is 14.5 Å². The van der Waals surface area contributed by atoms with E-state index in [9.17, 15) is 8.78 Å². The van der Waals surface area contributed by atoms with Gasteiger partial charge in [-0.05, 0) is 45.0 Å². The van der Waals surface area contributed by atoms with E-state index in [0.717, 1.165) is 13.1 Å². The van der Waals surface area contributed by atoms with Crippen LogP contribution in [0.1, 0.15) is 31.7 Å². The van der Waals surface area contributed by atoms with Crippen LogP contribution in [-0.4, -0.2) is 35.6 Å². The molecule has 3 nitrogen and oxygen atoms in total. The summed E-state index contributed by atoms with van der Waals surface area (Å²) in [6.07, 6.45) is 3.64. The molecule has 0 aromatic heterocycles. The zero-order chi connectivity index (χ0) is 15.4. The van der Waals surface area contributed by atoms with Gasteiger partial charge in [0.15, 0.2) is 0 Å².